The third-order valence-corrected chi connectivity index (χ3v) is 3.57. The Kier molecular flexibility index (Phi) is 3.75. The molecule has 2 heteroatoms. The van der Waals surface area contributed by atoms with E-state index in [-0.39, 0.29) is 0 Å². The van der Waals surface area contributed by atoms with E-state index in [4.69, 9.17) is 11.6 Å². The van der Waals surface area contributed by atoms with Crippen molar-refractivity contribution in [1.82, 2.24) is 0 Å². The number of anilines is 1. The summed E-state index contributed by atoms with van der Waals surface area (Å²) in [5, 5.41) is 0.970. The third kappa shape index (κ3) is 2.52. The van der Waals surface area contributed by atoms with Crippen LogP contribution in [0.25, 0.3) is 0 Å². The van der Waals surface area contributed by atoms with Crippen molar-refractivity contribution in [2.75, 3.05) is 18.0 Å². The Morgan fingerprint density at radius 2 is 1.94 bits per heavy atom. The van der Waals surface area contributed by atoms with Crippen LogP contribution < -0.4 is 4.90 Å². The van der Waals surface area contributed by atoms with E-state index in [1.54, 1.807) is 0 Å². The summed E-state index contributed by atoms with van der Waals surface area (Å²) in [6, 6.07) is 6.44. The van der Waals surface area contributed by atoms with Gasteiger partial charge < -0.3 is 4.90 Å². The molecule has 16 heavy (non-hydrogen) atoms. The van der Waals surface area contributed by atoms with Gasteiger partial charge in [0.05, 0.1) is 10.7 Å². The first-order chi connectivity index (χ1) is 7.68. The molecule has 1 saturated heterocycles. The zero-order valence-corrected chi connectivity index (χ0v) is 10.9. The minimum absolute atomic E-state index is 0.659. The van der Waals surface area contributed by atoms with Crippen LogP contribution in [-0.2, 0) is 6.42 Å². The minimum Gasteiger partial charge on any atom is -0.370 e. The molecule has 1 aliphatic rings. The van der Waals surface area contributed by atoms with Crippen LogP contribution >= 0.6 is 11.6 Å². The fourth-order valence-electron chi connectivity index (χ4n) is 2.37. The molecule has 1 aromatic rings. The SMILES string of the molecule is CC(C)Cc1cccc(N2CCCC2)c1Cl. The van der Waals surface area contributed by atoms with Crippen molar-refractivity contribution in [1.29, 1.82) is 0 Å². The van der Waals surface area contributed by atoms with Crippen LogP contribution in [-0.4, -0.2) is 13.1 Å². The van der Waals surface area contributed by atoms with Crippen molar-refractivity contribution in [2.24, 2.45) is 5.92 Å². The summed E-state index contributed by atoms with van der Waals surface area (Å²) < 4.78 is 0. The van der Waals surface area contributed by atoms with E-state index in [0.717, 1.165) is 24.5 Å². The van der Waals surface area contributed by atoms with E-state index >= 15 is 0 Å². The standard InChI is InChI=1S/C14H20ClN/c1-11(2)10-12-6-5-7-13(14(12)15)16-8-3-4-9-16/h5-7,11H,3-4,8-10H2,1-2H3. The predicted molar refractivity (Wildman–Crippen MR) is 71.4 cm³/mol. The lowest BCUT2D eigenvalue weighted by Gasteiger charge is -2.21. The largest absolute Gasteiger partial charge is 0.370 e. The van der Waals surface area contributed by atoms with Gasteiger partial charge in [-0.05, 0) is 36.8 Å². The third-order valence-electron chi connectivity index (χ3n) is 3.13. The Labute approximate surface area is 103 Å². The molecule has 0 amide bonds. The second-order valence-corrected chi connectivity index (χ2v) is 5.42. The van der Waals surface area contributed by atoms with Gasteiger partial charge in [-0.2, -0.15) is 0 Å². The Morgan fingerprint density at radius 1 is 1.25 bits per heavy atom. The summed E-state index contributed by atoms with van der Waals surface area (Å²) >= 11 is 6.49. The smallest absolute Gasteiger partial charge is 0.0671 e. The average Bonchev–Trinajstić information content (AvgIpc) is 2.73. The van der Waals surface area contributed by atoms with Gasteiger partial charge in [0.15, 0.2) is 0 Å². The van der Waals surface area contributed by atoms with Crippen LogP contribution in [0.4, 0.5) is 5.69 Å². The fourth-order valence-corrected chi connectivity index (χ4v) is 2.69. The Balaban J connectivity index is 2.24. The van der Waals surface area contributed by atoms with Crippen LogP contribution in [0.2, 0.25) is 5.02 Å². The number of hydrogen-bond donors (Lipinski definition) is 0. The summed E-state index contributed by atoms with van der Waals surface area (Å²) in [5.74, 6) is 0.659. The fraction of sp³-hybridized carbons (Fsp3) is 0.571. The van der Waals surface area contributed by atoms with Crippen molar-refractivity contribution in [3.8, 4) is 0 Å². The van der Waals surface area contributed by atoms with E-state index < -0.39 is 0 Å². The predicted octanol–water partition coefficient (Wildman–Crippen LogP) is 4.14. The van der Waals surface area contributed by atoms with Crippen molar-refractivity contribution in [3.05, 3.63) is 28.8 Å². The molecule has 88 valence electrons. The van der Waals surface area contributed by atoms with Gasteiger partial charge >= 0.3 is 0 Å². The topological polar surface area (TPSA) is 3.24 Å². The van der Waals surface area contributed by atoms with Gasteiger partial charge in [-0.1, -0.05) is 37.6 Å². The highest BCUT2D eigenvalue weighted by atomic mass is 35.5. The quantitative estimate of drug-likeness (QED) is 0.764. The highest BCUT2D eigenvalue weighted by Gasteiger charge is 2.16. The molecule has 1 fully saturated rings. The van der Waals surface area contributed by atoms with Crippen molar-refractivity contribution in [3.63, 3.8) is 0 Å². The summed E-state index contributed by atoms with van der Waals surface area (Å²) in [6.07, 6.45) is 3.66. The van der Waals surface area contributed by atoms with Crippen LogP contribution in [0.5, 0.6) is 0 Å². The maximum Gasteiger partial charge on any atom is 0.0671 e. The van der Waals surface area contributed by atoms with E-state index in [1.807, 2.05) is 0 Å². The van der Waals surface area contributed by atoms with Gasteiger partial charge in [0.2, 0.25) is 0 Å². The molecule has 0 spiro atoms. The molecule has 0 aromatic heterocycles. The second kappa shape index (κ2) is 5.09. The number of nitrogens with zero attached hydrogens (tertiary/aromatic N) is 1. The lowest BCUT2D eigenvalue weighted by Crippen LogP contribution is -2.18. The van der Waals surface area contributed by atoms with Crippen LogP contribution in [0, 0.1) is 5.92 Å². The summed E-state index contributed by atoms with van der Waals surface area (Å²) in [7, 11) is 0. The molecule has 0 atom stereocenters. The first-order valence-electron chi connectivity index (χ1n) is 6.21. The summed E-state index contributed by atoms with van der Waals surface area (Å²) in [6.45, 7) is 6.79. The van der Waals surface area contributed by atoms with Gasteiger partial charge in [-0.3, -0.25) is 0 Å². The van der Waals surface area contributed by atoms with Crippen molar-refractivity contribution in [2.45, 2.75) is 33.1 Å². The van der Waals surface area contributed by atoms with E-state index in [0.29, 0.717) is 5.92 Å². The summed E-state index contributed by atoms with van der Waals surface area (Å²) in [5.41, 5.74) is 2.53. The first-order valence-corrected chi connectivity index (χ1v) is 6.58. The number of hydrogen-bond acceptors (Lipinski definition) is 1. The second-order valence-electron chi connectivity index (χ2n) is 5.04. The minimum atomic E-state index is 0.659. The maximum atomic E-state index is 6.49. The molecule has 0 N–H and O–H groups in total. The molecule has 0 bridgehead atoms. The molecular formula is C14H20ClN. The molecular weight excluding hydrogens is 218 g/mol. The number of halogens is 1. The molecule has 2 rings (SSSR count). The average molecular weight is 238 g/mol. The monoisotopic (exact) mass is 237 g/mol. The molecule has 0 saturated carbocycles. The molecule has 0 aliphatic carbocycles. The molecule has 1 aromatic carbocycles. The first kappa shape index (κ1) is 11.8. The van der Waals surface area contributed by atoms with Gasteiger partial charge in [-0.15, -0.1) is 0 Å². The molecule has 1 aliphatic heterocycles. The normalized spacial score (nSPS) is 16.1. The Hall–Kier alpha value is -0.690. The van der Waals surface area contributed by atoms with Crippen molar-refractivity contribution >= 4 is 17.3 Å². The molecule has 1 heterocycles. The number of rotatable bonds is 3. The lowest BCUT2D eigenvalue weighted by molar-refractivity contribution is 0.647. The zero-order valence-electron chi connectivity index (χ0n) is 10.2. The highest BCUT2D eigenvalue weighted by Crippen LogP contribution is 2.32. The van der Waals surface area contributed by atoms with Crippen LogP contribution in [0.3, 0.4) is 0 Å². The molecule has 1 nitrogen and oxygen atoms in total. The molecule has 0 unspecified atom stereocenters. The van der Waals surface area contributed by atoms with Gasteiger partial charge in [0.25, 0.3) is 0 Å². The summed E-state index contributed by atoms with van der Waals surface area (Å²) in [4.78, 5) is 2.41. The number of benzene rings is 1. The lowest BCUT2D eigenvalue weighted by atomic mass is 10.0. The highest BCUT2D eigenvalue weighted by molar-refractivity contribution is 6.34. The van der Waals surface area contributed by atoms with E-state index in [2.05, 4.69) is 36.9 Å². The molecule has 0 radical (unpaired) electrons. The van der Waals surface area contributed by atoms with Crippen LogP contribution in [0.15, 0.2) is 18.2 Å². The van der Waals surface area contributed by atoms with Crippen molar-refractivity contribution < 1.29 is 0 Å². The Bertz CT molecular complexity index is 354. The van der Waals surface area contributed by atoms with E-state index in [9.17, 15) is 0 Å². The Morgan fingerprint density at radius 3 is 2.56 bits per heavy atom. The van der Waals surface area contributed by atoms with Gasteiger partial charge in [-0.25, -0.2) is 0 Å². The van der Waals surface area contributed by atoms with Gasteiger partial charge in [0.1, 0.15) is 0 Å². The van der Waals surface area contributed by atoms with Gasteiger partial charge in [0, 0.05) is 13.1 Å². The van der Waals surface area contributed by atoms with E-state index in [1.165, 1.54) is 24.1 Å². The maximum absolute atomic E-state index is 6.49. The zero-order chi connectivity index (χ0) is 11.5. The van der Waals surface area contributed by atoms with Crippen LogP contribution in [0.1, 0.15) is 32.3 Å².